The quantitative estimate of drug-likeness (QED) is 0.457. The fraction of sp³-hybridized carbons (Fsp3) is 0.273. The van der Waals surface area contributed by atoms with E-state index >= 15 is 0 Å². The zero-order valence-corrected chi connectivity index (χ0v) is 17.5. The van der Waals surface area contributed by atoms with Gasteiger partial charge in [-0.1, -0.05) is 18.2 Å². The standard InChI is InChI=1S/C22H21NO6S/c1-14-17-7-3-4-8-20(17)29-21(14)22(25)28-13-19(24)16-9-10-18-15(12-16)6-5-11-23(18)30(2,26)27/h3-4,7-10,12H,5-6,11,13H2,1-2H3. The molecular weight excluding hydrogens is 406 g/mol. The van der Waals surface area contributed by atoms with Gasteiger partial charge in [0.25, 0.3) is 0 Å². The predicted molar refractivity (Wildman–Crippen MR) is 113 cm³/mol. The van der Waals surface area contributed by atoms with Crippen molar-refractivity contribution in [3.05, 3.63) is 64.9 Å². The summed E-state index contributed by atoms with van der Waals surface area (Å²) in [6, 6.07) is 12.1. The van der Waals surface area contributed by atoms with E-state index in [2.05, 4.69) is 0 Å². The van der Waals surface area contributed by atoms with Crippen molar-refractivity contribution in [2.45, 2.75) is 19.8 Å². The molecule has 0 unspecified atom stereocenters. The zero-order valence-electron chi connectivity index (χ0n) is 16.7. The van der Waals surface area contributed by atoms with Crippen molar-refractivity contribution in [1.29, 1.82) is 0 Å². The number of aryl methyl sites for hydroxylation is 2. The van der Waals surface area contributed by atoms with Crippen LogP contribution in [0.5, 0.6) is 0 Å². The molecule has 1 aromatic heterocycles. The summed E-state index contributed by atoms with van der Waals surface area (Å²) in [5.41, 5.74) is 3.00. The van der Waals surface area contributed by atoms with Gasteiger partial charge in [0.1, 0.15) is 5.58 Å². The number of furan rings is 1. The van der Waals surface area contributed by atoms with E-state index in [0.717, 1.165) is 10.9 Å². The molecule has 156 valence electrons. The van der Waals surface area contributed by atoms with Gasteiger partial charge in [-0.2, -0.15) is 0 Å². The minimum atomic E-state index is -3.37. The molecule has 2 aromatic carbocycles. The van der Waals surface area contributed by atoms with E-state index in [1.807, 2.05) is 18.2 Å². The third kappa shape index (κ3) is 3.70. The van der Waals surface area contributed by atoms with Gasteiger partial charge in [0, 0.05) is 23.1 Å². The Hall–Kier alpha value is -3.13. The van der Waals surface area contributed by atoms with E-state index in [-0.39, 0.29) is 11.5 Å². The first kappa shape index (κ1) is 20.2. The van der Waals surface area contributed by atoms with Crippen molar-refractivity contribution in [3.63, 3.8) is 0 Å². The Morgan fingerprint density at radius 2 is 1.93 bits per heavy atom. The highest BCUT2D eigenvalue weighted by Gasteiger charge is 2.25. The fourth-order valence-electron chi connectivity index (χ4n) is 3.73. The van der Waals surface area contributed by atoms with E-state index in [4.69, 9.17) is 9.15 Å². The molecule has 0 saturated carbocycles. The highest BCUT2D eigenvalue weighted by atomic mass is 32.2. The molecule has 0 atom stereocenters. The highest BCUT2D eigenvalue weighted by Crippen LogP contribution is 2.30. The summed E-state index contributed by atoms with van der Waals surface area (Å²) in [4.78, 5) is 25.0. The normalized spacial score (nSPS) is 13.9. The lowest BCUT2D eigenvalue weighted by Gasteiger charge is -2.29. The van der Waals surface area contributed by atoms with Gasteiger partial charge >= 0.3 is 5.97 Å². The zero-order chi connectivity index (χ0) is 21.5. The molecule has 7 nitrogen and oxygen atoms in total. The number of ether oxygens (including phenoxy) is 1. The van der Waals surface area contributed by atoms with Gasteiger partial charge in [0.2, 0.25) is 15.8 Å². The highest BCUT2D eigenvalue weighted by molar-refractivity contribution is 7.92. The average Bonchev–Trinajstić information content (AvgIpc) is 3.07. The number of para-hydroxylation sites is 1. The summed E-state index contributed by atoms with van der Waals surface area (Å²) in [7, 11) is -3.37. The second kappa shape index (κ2) is 7.60. The molecule has 0 bridgehead atoms. The number of fused-ring (bicyclic) bond motifs is 2. The molecule has 0 aliphatic carbocycles. The van der Waals surface area contributed by atoms with E-state index in [9.17, 15) is 18.0 Å². The Morgan fingerprint density at radius 3 is 2.67 bits per heavy atom. The second-order valence-corrected chi connectivity index (χ2v) is 9.24. The van der Waals surface area contributed by atoms with Crippen LogP contribution in [0.25, 0.3) is 11.0 Å². The lowest BCUT2D eigenvalue weighted by Crippen LogP contribution is -2.34. The van der Waals surface area contributed by atoms with Gasteiger partial charge in [-0.3, -0.25) is 9.10 Å². The number of carbonyl (C=O) groups excluding carboxylic acids is 2. The van der Waals surface area contributed by atoms with Crippen molar-refractivity contribution in [2.24, 2.45) is 0 Å². The topological polar surface area (TPSA) is 93.9 Å². The first-order valence-electron chi connectivity index (χ1n) is 9.55. The Bertz CT molecular complexity index is 1260. The molecule has 1 aliphatic rings. The molecule has 0 N–H and O–H groups in total. The summed E-state index contributed by atoms with van der Waals surface area (Å²) < 4.78 is 36.0. The molecule has 4 rings (SSSR count). The van der Waals surface area contributed by atoms with Crippen LogP contribution < -0.4 is 4.31 Å². The number of benzene rings is 2. The van der Waals surface area contributed by atoms with Gasteiger partial charge < -0.3 is 9.15 Å². The number of ketones is 1. The van der Waals surface area contributed by atoms with Crippen molar-refractivity contribution < 1.29 is 27.2 Å². The molecule has 30 heavy (non-hydrogen) atoms. The molecule has 1 aliphatic heterocycles. The van der Waals surface area contributed by atoms with Gasteiger partial charge in [-0.25, -0.2) is 13.2 Å². The van der Waals surface area contributed by atoms with Gasteiger partial charge in [0.15, 0.2) is 12.4 Å². The summed E-state index contributed by atoms with van der Waals surface area (Å²) in [6.07, 6.45) is 2.53. The number of anilines is 1. The number of Topliss-reactive ketones (excluding diaryl/α,β-unsaturated/α-hetero) is 1. The molecule has 2 heterocycles. The molecule has 8 heteroatoms. The van der Waals surface area contributed by atoms with Crippen molar-refractivity contribution in [1.82, 2.24) is 0 Å². The number of sulfonamides is 1. The maximum absolute atomic E-state index is 12.6. The molecule has 0 amide bonds. The van der Waals surface area contributed by atoms with E-state index in [1.54, 1.807) is 31.2 Å². The average molecular weight is 427 g/mol. The summed E-state index contributed by atoms with van der Waals surface area (Å²) in [5.74, 6) is -0.979. The Labute approximate surface area is 174 Å². The first-order valence-corrected chi connectivity index (χ1v) is 11.4. The van der Waals surface area contributed by atoms with Crippen LogP contribution in [0.15, 0.2) is 46.9 Å². The molecule has 0 saturated heterocycles. The monoisotopic (exact) mass is 427 g/mol. The molecule has 3 aromatic rings. The van der Waals surface area contributed by atoms with Crippen LogP contribution in [0.1, 0.15) is 38.5 Å². The molecule has 0 spiro atoms. The molecule has 0 radical (unpaired) electrons. The van der Waals surface area contributed by atoms with Gasteiger partial charge in [0.05, 0.1) is 11.9 Å². The number of hydrogen-bond donors (Lipinski definition) is 0. The van der Waals surface area contributed by atoms with Crippen LogP contribution in [0.4, 0.5) is 5.69 Å². The number of rotatable bonds is 5. The molecule has 0 fully saturated rings. The van der Waals surface area contributed by atoms with E-state index in [1.165, 1.54) is 10.6 Å². The van der Waals surface area contributed by atoms with Crippen LogP contribution in [0, 0.1) is 6.92 Å². The fourth-order valence-corrected chi connectivity index (χ4v) is 4.73. The van der Waals surface area contributed by atoms with E-state index < -0.39 is 22.6 Å². The lowest BCUT2D eigenvalue weighted by atomic mass is 9.99. The lowest BCUT2D eigenvalue weighted by molar-refractivity contribution is 0.0445. The maximum Gasteiger partial charge on any atom is 0.375 e. The Balaban J connectivity index is 1.49. The van der Waals surface area contributed by atoms with Gasteiger partial charge in [-0.15, -0.1) is 0 Å². The number of carbonyl (C=O) groups is 2. The summed E-state index contributed by atoms with van der Waals surface area (Å²) in [5, 5.41) is 0.820. The Kier molecular flexibility index (Phi) is 5.11. The SMILES string of the molecule is Cc1c(C(=O)OCC(=O)c2ccc3c(c2)CCCN3S(C)(=O)=O)oc2ccccc12. The largest absolute Gasteiger partial charge is 0.451 e. The number of hydrogen-bond acceptors (Lipinski definition) is 6. The minimum absolute atomic E-state index is 0.0817. The number of nitrogens with zero attached hydrogens (tertiary/aromatic N) is 1. The van der Waals surface area contributed by atoms with Crippen LogP contribution in [0.3, 0.4) is 0 Å². The Morgan fingerprint density at radius 1 is 1.17 bits per heavy atom. The van der Waals surface area contributed by atoms with Crippen molar-refractivity contribution in [2.75, 3.05) is 23.7 Å². The predicted octanol–water partition coefficient (Wildman–Crippen LogP) is 3.49. The van der Waals surface area contributed by atoms with Crippen molar-refractivity contribution >= 4 is 38.4 Å². The summed E-state index contributed by atoms with van der Waals surface area (Å²) in [6.45, 7) is 1.76. The minimum Gasteiger partial charge on any atom is -0.451 e. The maximum atomic E-state index is 12.6. The first-order chi connectivity index (χ1) is 14.3. The third-order valence-corrected chi connectivity index (χ3v) is 6.42. The van der Waals surface area contributed by atoms with Gasteiger partial charge in [-0.05, 0) is 49.6 Å². The molecular formula is C22H21NO6S. The van der Waals surface area contributed by atoms with Crippen LogP contribution in [0.2, 0.25) is 0 Å². The van der Waals surface area contributed by atoms with E-state index in [0.29, 0.717) is 41.8 Å². The summed E-state index contributed by atoms with van der Waals surface area (Å²) >= 11 is 0. The number of esters is 1. The van der Waals surface area contributed by atoms with Crippen LogP contribution in [-0.4, -0.2) is 39.6 Å². The smallest absolute Gasteiger partial charge is 0.375 e. The van der Waals surface area contributed by atoms with Crippen LogP contribution in [-0.2, 0) is 21.2 Å². The third-order valence-electron chi connectivity index (χ3n) is 5.24. The van der Waals surface area contributed by atoms with Crippen molar-refractivity contribution in [3.8, 4) is 0 Å². The second-order valence-electron chi connectivity index (χ2n) is 7.33. The van der Waals surface area contributed by atoms with Crippen LogP contribution >= 0.6 is 0 Å².